The Hall–Kier alpha value is -3.68. The third-order valence-electron chi connectivity index (χ3n) is 5.72. The van der Waals surface area contributed by atoms with Crippen molar-refractivity contribution in [2.24, 2.45) is 5.73 Å². The highest BCUT2D eigenvalue weighted by Gasteiger charge is 2.33. The normalized spacial score (nSPS) is 15.3. The summed E-state index contributed by atoms with van der Waals surface area (Å²) in [6.45, 7) is 0.398. The Labute approximate surface area is 179 Å². The molecule has 162 valence electrons. The Morgan fingerprint density at radius 2 is 2.03 bits per heavy atom. The molecule has 2 aromatic carbocycles. The van der Waals surface area contributed by atoms with E-state index >= 15 is 0 Å². The van der Waals surface area contributed by atoms with Crippen molar-refractivity contribution in [3.05, 3.63) is 59.3 Å². The van der Waals surface area contributed by atoms with Crippen LogP contribution in [0.2, 0.25) is 0 Å². The highest BCUT2D eigenvalue weighted by atomic mass is 16.5. The number of hydrogen-bond acceptors (Lipinski definition) is 4. The van der Waals surface area contributed by atoms with E-state index in [1.165, 1.54) is 0 Å². The first-order chi connectivity index (χ1) is 15.0. The number of aromatic nitrogens is 1. The molecule has 0 radical (unpaired) electrons. The van der Waals surface area contributed by atoms with Crippen molar-refractivity contribution in [1.82, 2.24) is 9.88 Å². The van der Waals surface area contributed by atoms with Crippen LogP contribution in [0.15, 0.2) is 42.5 Å². The van der Waals surface area contributed by atoms with Gasteiger partial charge in [0.05, 0.1) is 18.5 Å². The molecule has 1 heterocycles. The smallest absolute Gasteiger partial charge is 0.407 e. The van der Waals surface area contributed by atoms with Crippen LogP contribution in [0, 0.1) is 0 Å². The van der Waals surface area contributed by atoms with Gasteiger partial charge in [-0.1, -0.05) is 30.3 Å². The van der Waals surface area contributed by atoms with Crippen molar-refractivity contribution >= 4 is 22.9 Å². The summed E-state index contributed by atoms with van der Waals surface area (Å²) in [5.41, 5.74) is 9.70. The number of nitrogens with one attached hydrogen (secondary N) is 1. The molecule has 2 amide bonds. The molecule has 1 aliphatic rings. The summed E-state index contributed by atoms with van der Waals surface area (Å²) in [4.78, 5) is 23.2. The fourth-order valence-electron chi connectivity index (χ4n) is 4.40. The third-order valence-corrected chi connectivity index (χ3v) is 5.72. The second-order valence-corrected chi connectivity index (χ2v) is 7.57. The molecule has 0 bridgehead atoms. The average Bonchev–Trinajstić information content (AvgIpc) is 3.07. The van der Waals surface area contributed by atoms with Gasteiger partial charge < -0.3 is 24.9 Å². The van der Waals surface area contributed by atoms with E-state index in [-0.39, 0.29) is 12.6 Å². The predicted octanol–water partition coefficient (Wildman–Crippen LogP) is 3.21. The molecule has 0 fully saturated rings. The van der Waals surface area contributed by atoms with Gasteiger partial charge in [0.15, 0.2) is 6.73 Å². The summed E-state index contributed by atoms with van der Waals surface area (Å²) in [7, 11) is 1.57. The summed E-state index contributed by atoms with van der Waals surface area (Å²) >= 11 is 0. The van der Waals surface area contributed by atoms with Gasteiger partial charge in [-0.25, -0.2) is 4.79 Å². The molecule has 4 rings (SSSR count). The van der Waals surface area contributed by atoms with E-state index in [0.29, 0.717) is 24.5 Å². The third kappa shape index (κ3) is 4.01. The number of hydrogen-bond donors (Lipinski definition) is 3. The summed E-state index contributed by atoms with van der Waals surface area (Å²) in [5, 5.41) is 11.9. The van der Waals surface area contributed by atoms with E-state index in [4.69, 9.17) is 20.3 Å². The minimum Gasteiger partial charge on any atom is -0.497 e. The standard InChI is InChI=1S/C23H25N3O5/c1-30-15-10-18-21(19(11-15)31-13-25-23(28)29)20-16(22(24)27)8-5-9-17(20)26(18)12-14-6-3-2-4-7-14/h2-4,6-7,10-11,16,25H,5,8-9,12-13H2,1H3,(H2,24,27)(H,28,29). The van der Waals surface area contributed by atoms with Crippen molar-refractivity contribution in [1.29, 1.82) is 0 Å². The highest BCUT2D eigenvalue weighted by Crippen LogP contribution is 2.45. The first kappa shape index (κ1) is 20.6. The number of methoxy groups -OCH3 is 1. The predicted molar refractivity (Wildman–Crippen MR) is 116 cm³/mol. The Morgan fingerprint density at radius 1 is 1.26 bits per heavy atom. The SMILES string of the molecule is COc1cc(OCNC(=O)O)c2c3c(n(Cc4ccccc4)c2c1)CCCC3C(N)=O. The molecule has 0 aliphatic heterocycles. The maximum atomic E-state index is 12.3. The number of carbonyl (C=O) groups excluding carboxylic acids is 1. The molecule has 8 heteroatoms. The summed E-state index contributed by atoms with van der Waals surface area (Å²) < 4.78 is 13.5. The van der Waals surface area contributed by atoms with Gasteiger partial charge >= 0.3 is 6.09 Å². The van der Waals surface area contributed by atoms with Crippen LogP contribution >= 0.6 is 0 Å². The molecule has 0 saturated heterocycles. The summed E-state index contributed by atoms with van der Waals surface area (Å²) in [6.07, 6.45) is 1.17. The van der Waals surface area contributed by atoms with E-state index in [1.54, 1.807) is 13.2 Å². The van der Waals surface area contributed by atoms with Crippen molar-refractivity contribution in [2.75, 3.05) is 13.8 Å². The van der Waals surface area contributed by atoms with E-state index in [1.807, 2.05) is 24.3 Å². The van der Waals surface area contributed by atoms with Gasteiger partial charge in [0.25, 0.3) is 0 Å². The van der Waals surface area contributed by atoms with Crippen LogP contribution in [0.1, 0.15) is 35.6 Å². The molecule has 8 nitrogen and oxygen atoms in total. The molecule has 31 heavy (non-hydrogen) atoms. The van der Waals surface area contributed by atoms with Gasteiger partial charge in [0.2, 0.25) is 5.91 Å². The van der Waals surface area contributed by atoms with Crippen LogP contribution < -0.4 is 20.5 Å². The maximum Gasteiger partial charge on any atom is 0.407 e. The van der Waals surface area contributed by atoms with Crippen molar-refractivity contribution in [3.63, 3.8) is 0 Å². The molecule has 1 unspecified atom stereocenters. The number of nitrogens with zero attached hydrogens (tertiary/aromatic N) is 1. The number of fused-ring (bicyclic) bond motifs is 3. The van der Waals surface area contributed by atoms with Crippen LogP contribution in [0.3, 0.4) is 0 Å². The van der Waals surface area contributed by atoms with Gasteiger partial charge in [0.1, 0.15) is 11.5 Å². The van der Waals surface area contributed by atoms with Gasteiger partial charge in [-0.15, -0.1) is 0 Å². The van der Waals surface area contributed by atoms with Crippen molar-refractivity contribution in [2.45, 2.75) is 31.7 Å². The Bertz CT molecular complexity index is 1120. The number of carbonyl (C=O) groups is 2. The van der Waals surface area contributed by atoms with Crippen LogP contribution in [0.4, 0.5) is 4.79 Å². The topological polar surface area (TPSA) is 116 Å². The zero-order chi connectivity index (χ0) is 22.0. The van der Waals surface area contributed by atoms with Gasteiger partial charge in [-0.2, -0.15) is 0 Å². The number of nitrogens with two attached hydrogens (primary N) is 1. The number of rotatable bonds is 7. The fraction of sp³-hybridized carbons (Fsp3) is 0.304. The second-order valence-electron chi connectivity index (χ2n) is 7.57. The fourth-order valence-corrected chi connectivity index (χ4v) is 4.40. The summed E-state index contributed by atoms with van der Waals surface area (Å²) in [5.74, 6) is 0.244. The molecular formula is C23H25N3O5. The zero-order valence-corrected chi connectivity index (χ0v) is 17.3. The van der Waals surface area contributed by atoms with E-state index < -0.39 is 12.0 Å². The molecule has 0 saturated carbocycles. The van der Waals surface area contributed by atoms with Crippen molar-refractivity contribution in [3.8, 4) is 11.5 Å². The molecular weight excluding hydrogens is 398 g/mol. The van der Waals surface area contributed by atoms with Crippen LogP contribution in [0.25, 0.3) is 10.9 Å². The number of carboxylic acid groups (broad SMARTS) is 1. The lowest BCUT2D eigenvalue weighted by atomic mass is 9.84. The second kappa shape index (κ2) is 8.59. The lowest BCUT2D eigenvalue weighted by Gasteiger charge is -2.22. The lowest BCUT2D eigenvalue weighted by Crippen LogP contribution is -2.26. The monoisotopic (exact) mass is 423 g/mol. The molecule has 1 aromatic heterocycles. The van der Waals surface area contributed by atoms with E-state index in [9.17, 15) is 9.59 Å². The largest absolute Gasteiger partial charge is 0.497 e. The van der Waals surface area contributed by atoms with Crippen molar-refractivity contribution < 1.29 is 24.2 Å². The quantitative estimate of drug-likeness (QED) is 0.505. The first-order valence-electron chi connectivity index (χ1n) is 10.2. The minimum atomic E-state index is -1.18. The van der Waals surface area contributed by atoms with Gasteiger partial charge in [-0.05, 0) is 30.4 Å². The maximum absolute atomic E-state index is 12.3. The van der Waals surface area contributed by atoms with E-state index in [2.05, 4.69) is 22.0 Å². The average molecular weight is 423 g/mol. The Kier molecular flexibility index (Phi) is 5.70. The number of primary amides is 1. The summed E-state index contributed by atoms with van der Waals surface area (Å²) in [6, 6.07) is 13.7. The minimum absolute atomic E-state index is 0.225. The number of amides is 2. The Morgan fingerprint density at radius 3 is 2.71 bits per heavy atom. The molecule has 4 N–H and O–H groups in total. The zero-order valence-electron chi connectivity index (χ0n) is 17.3. The molecule has 3 aromatic rings. The van der Waals surface area contributed by atoms with Crippen LogP contribution in [-0.4, -0.2) is 35.5 Å². The van der Waals surface area contributed by atoms with Gasteiger partial charge in [0, 0.05) is 29.8 Å². The first-order valence-corrected chi connectivity index (χ1v) is 10.2. The van der Waals surface area contributed by atoms with Gasteiger partial charge in [-0.3, -0.25) is 10.1 Å². The van der Waals surface area contributed by atoms with Crippen LogP contribution in [0.5, 0.6) is 11.5 Å². The number of benzene rings is 2. The molecule has 0 spiro atoms. The molecule has 1 atom stereocenters. The van der Waals surface area contributed by atoms with Crippen LogP contribution in [-0.2, 0) is 17.8 Å². The Balaban J connectivity index is 1.93. The number of ether oxygens (including phenoxy) is 2. The lowest BCUT2D eigenvalue weighted by molar-refractivity contribution is -0.119. The molecule has 1 aliphatic carbocycles. The highest BCUT2D eigenvalue weighted by molar-refractivity contribution is 5.98. The van der Waals surface area contributed by atoms with E-state index in [0.717, 1.165) is 40.6 Å².